The average molecular weight is 233 g/mol. The number of hydrogen-bond donors (Lipinski definition) is 1. The van der Waals surface area contributed by atoms with Crippen molar-refractivity contribution < 1.29 is 8.83 Å². The van der Waals surface area contributed by atoms with Crippen LogP contribution in [0.5, 0.6) is 0 Å². The van der Waals surface area contributed by atoms with E-state index in [0.717, 1.165) is 37.3 Å². The van der Waals surface area contributed by atoms with Crippen molar-refractivity contribution in [3.05, 3.63) is 48.3 Å². The third-order valence-corrected chi connectivity index (χ3v) is 2.79. The van der Waals surface area contributed by atoms with E-state index in [1.807, 2.05) is 24.3 Å². The fourth-order valence-electron chi connectivity index (χ4n) is 1.89. The predicted octanol–water partition coefficient (Wildman–Crippen LogP) is 3.55. The predicted molar refractivity (Wildman–Crippen MR) is 66.8 cm³/mol. The molecule has 0 bridgehead atoms. The van der Waals surface area contributed by atoms with Crippen LogP contribution in [-0.2, 0) is 6.42 Å². The summed E-state index contributed by atoms with van der Waals surface area (Å²) in [5.41, 5.74) is 0. The van der Waals surface area contributed by atoms with E-state index in [9.17, 15) is 0 Å². The van der Waals surface area contributed by atoms with E-state index in [4.69, 9.17) is 8.83 Å². The Kier molecular flexibility index (Phi) is 4.45. The summed E-state index contributed by atoms with van der Waals surface area (Å²) in [4.78, 5) is 0. The molecule has 2 aromatic rings. The van der Waals surface area contributed by atoms with Gasteiger partial charge in [0, 0.05) is 6.42 Å². The van der Waals surface area contributed by atoms with Gasteiger partial charge in [0.05, 0.1) is 18.6 Å². The molecule has 0 spiro atoms. The lowest BCUT2D eigenvalue weighted by molar-refractivity contribution is 0.384. The van der Waals surface area contributed by atoms with E-state index in [1.54, 1.807) is 12.5 Å². The van der Waals surface area contributed by atoms with Gasteiger partial charge < -0.3 is 14.2 Å². The summed E-state index contributed by atoms with van der Waals surface area (Å²) in [5, 5.41) is 3.50. The van der Waals surface area contributed by atoms with Gasteiger partial charge in [-0.25, -0.2) is 0 Å². The van der Waals surface area contributed by atoms with Gasteiger partial charge in [-0.2, -0.15) is 0 Å². The molecule has 3 heteroatoms. The highest BCUT2D eigenvalue weighted by Crippen LogP contribution is 2.19. The zero-order valence-electron chi connectivity index (χ0n) is 10.2. The largest absolute Gasteiger partial charge is 0.469 e. The van der Waals surface area contributed by atoms with Crippen molar-refractivity contribution in [2.24, 2.45) is 0 Å². The summed E-state index contributed by atoms with van der Waals surface area (Å²) in [6.45, 7) is 3.17. The van der Waals surface area contributed by atoms with Crippen LogP contribution in [0.2, 0.25) is 0 Å². The smallest absolute Gasteiger partial charge is 0.120 e. The zero-order valence-corrected chi connectivity index (χ0v) is 10.2. The van der Waals surface area contributed by atoms with E-state index >= 15 is 0 Å². The average Bonchev–Trinajstić information content (AvgIpc) is 3.01. The third kappa shape index (κ3) is 3.49. The molecule has 3 nitrogen and oxygen atoms in total. The van der Waals surface area contributed by atoms with Crippen molar-refractivity contribution in [2.75, 3.05) is 6.54 Å². The first-order valence-electron chi connectivity index (χ1n) is 6.19. The Morgan fingerprint density at radius 1 is 1.18 bits per heavy atom. The summed E-state index contributed by atoms with van der Waals surface area (Å²) in [6.07, 6.45) is 6.48. The number of furan rings is 2. The molecule has 1 N–H and O–H groups in total. The monoisotopic (exact) mass is 233 g/mol. The minimum Gasteiger partial charge on any atom is -0.469 e. The lowest BCUT2D eigenvalue weighted by atomic mass is 10.1. The molecule has 0 aliphatic rings. The lowest BCUT2D eigenvalue weighted by Crippen LogP contribution is -2.22. The Hall–Kier alpha value is -1.48. The van der Waals surface area contributed by atoms with Gasteiger partial charge in [-0.15, -0.1) is 0 Å². The van der Waals surface area contributed by atoms with Crippen molar-refractivity contribution in [1.29, 1.82) is 0 Å². The Labute approximate surface area is 102 Å². The Morgan fingerprint density at radius 3 is 2.65 bits per heavy atom. The summed E-state index contributed by atoms with van der Waals surface area (Å²) in [6, 6.07) is 8.17. The van der Waals surface area contributed by atoms with Crippen LogP contribution in [0.3, 0.4) is 0 Å². The first-order valence-corrected chi connectivity index (χ1v) is 6.19. The quantitative estimate of drug-likeness (QED) is 0.794. The second-order valence-electron chi connectivity index (χ2n) is 4.14. The molecule has 2 rings (SSSR count). The number of hydrogen-bond acceptors (Lipinski definition) is 3. The van der Waals surface area contributed by atoms with Crippen molar-refractivity contribution in [2.45, 2.75) is 32.2 Å². The number of rotatable bonds is 7. The van der Waals surface area contributed by atoms with Gasteiger partial charge in [0.15, 0.2) is 0 Å². The summed E-state index contributed by atoms with van der Waals surface area (Å²) in [7, 11) is 0. The molecule has 1 atom stereocenters. The lowest BCUT2D eigenvalue weighted by Gasteiger charge is -2.15. The maximum absolute atomic E-state index is 5.47. The van der Waals surface area contributed by atoms with Crippen molar-refractivity contribution in [1.82, 2.24) is 5.32 Å². The normalized spacial score (nSPS) is 12.8. The zero-order chi connectivity index (χ0) is 11.9. The second kappa shape index (κ2) is 6.30. The highest BCUT2D eigenvalue weighted by Gasteiger charge is 2.13. The van der Waals surface area contributed by atoms with Gasteiger partial charge in [-0.05, 0) is 43.7 Å². The molecule has 0 saturated heterocycles. The molecule has 17 heavy (non-hydrogen) atoms. The molecule has 2 aromatic heterocycles. The van der Waals surface area contributed by atoms with E-state index in [0.29, 0.717) is 0 Å². The van der Waals surface area contributed by atoms with Crippen LogP contribution in [0.15, 0.2) is 45.6 Å². The summed E-state index contributed by atoms with van der Waals surface area (Å²) in [5.74, 6) is 2.03. The second-order valence-corrected chi connectivity index (χ2v) is 4.14. The highest BCUT2D eigenvalue weighted by molar-refractivity contribution is 5.06. The van der Waals surface area contributed by atoms with E-state index in [-0.39, 0.29) is 6.04 Å². The molecule has 0 aliphatic heterocycles. The van der Waals surface area contributed by atoms with Crippen LogP contribution in [0.25, 0.3) is 0 Å². The number of nitrogens with one attached hydrogen (secondary N) is 1. The van der Waals surface area contributed by atoms with Gasteiger partial charge in [-0.3, -0.25) is 0 Å². The van der Waals surface area contributed by atoms with Crippen molar-refractivity contribution >= 4 is 0 Å². The van der Waals surface area contributed by atoms with Crippen LogP contribution >= 0.6 is 0 Å². The molecule has 0 aliphatic carbocycles. The fraction of sp³-hybridized carbons (Fsp3) is 0.429. The Bertz CT molecular complexity index is 392. The molecule has 0 amide bonds. The molecule has 0 saturated carbocycles. The maximum atomic E-state index is 5.47. The van der Waals surface area contributed by atoms with Crippen LogP contribution < -0.4 is 5.32 Å². The van der Waals surface area contributed by atoms with Gasteiger partial charge in [0.25, 0.3) is 0 Å². The van der Waals surface area contributed by atoms with Crippen molar-refractivity contribution in [3.8, 4) is 0 Å². The molecule has 0 radical (unpaired) electrons. The maximum Gasteiger partial charge on any atom is 0.120 e. The summed E-state index contributed by atoms with van der Waals surface area (Å²) >= 11 is 0. The van der Waals surface area contributed by atoms with Crippen molar-refractivity contribution in [3.63, 3.8) is 0 Å². The standard InChI is InChI=1S/C14H19NO2/c1-2-9-15-13(14-6-4-11-17-14)8-7-12-5-3-10-16-12/h3-6,10-11,13,15H,2,7-9H2,1H3. The van der Waals surface area contributed by atoms with Crippen LogP contribution in [0.1, 0.15) is 37.3 Å². The molecular weight excluding hydrogens is 214 g/mol. The number of aryl methyl sites for hydroxylation is 1. The van der Waals surface area contributed by atoms with Gasteiger partial charge in [0.1, 0.15) is 11.5 Å². The summed E-state index contributed by atoms with van der Waals surface area (Å²) < 4.78 is 10.8. The highest BCUT2D eigenvalue weighted by atomic mass is 16.3. The molecule has 1 unspecified atom stereocenters. The van der Waals surface area contributed by atoms with E-state index < -0.39 is 0 Å². The first kappa shape index (κ1) is 12.0. The Balaban J connectivity index is 1.91. The Morgan fingerprint density at radius 2 is 2.00 bits per heavy atom. The molecular formula is C14H19NO2. The van der Waals surface area contributed by atoms with Crippen LogP contribution in [0, 0.1) is 0 Å². The van der Waals surface area contributed by atoms with Gasteiger partial charge in [-0.1, -0.05) is 6.92 Å². The molecule has 92 valence electrons. The first-order chi connectivity index (χ1) is 8.40. The van der Waals surface area contributed by atoms with E-state index in [2.05, 4.69) is 12.2 Å². The molecule has 0 fully saturated rings. The van der Waals surface area contributed by atoms with Crippen LogP contribution in [0.4, 0.5) is 0 Å². The topological polar surface area (TPSA) is 38.3 Å². The van der Waals surface area contributed by atoms with Gasteiger partial charge >= 0.3 is 0 Å². The van der Waals surface area contributed by atoms with Gasteiger partial charge in [0.2, 0.25) is 0 Å². The SMILES string of the molecule is CCCNC(CCc1ccco1)c1ccco1. The minimum absolute atomic E-state index is 0.273. The molecule has 0 aromatic carbocycles. The minimum atomic E-state index is 0.273. The van der Waals surface area contributed by atoms with E-state index in [1.165, 1.54) is 0 Å². The fourth-order valence-corrected chi connectivity index (χ4v) is 1.89. The third-order valence-electron chi connectivity index (χ3n) is 2.79. The molecule has 2 heterocycles. The van der Waals surface area contributed by atoms with Crippen LogP contribution in [-0.4, -0.2) is 6.54 Å².